The van der Waals surface area contributed by atoms with E-state index in [4.69, 9.17) is 22.1 Å². The van der Waals surface area contributed by atoms with Crippen LogP contribution in [0.1, 0.15) is 6.42 Å². The van der Waals surface area contributed by atoms with Gasteiger partial charge in [-0.1, -0.05) is 11.6 Å². The van der Waals surface area contributed by atoms with Gasteiger partial charge < -0.3 is 15.6 Å². The molecule has 0 radical (unpaired) electrons. The average molecular weight is 327 g/mol. The molecule has 0 aliphatic heterocycles. The Balaban J connectivity index is 2.77. The Kier molecular flexibility index (Phi) is 6.15. The van der Waals surface area contributed by atoms with Crippen molar-refractivity contribution in [1.29, 1.82) is 0 Å². The number of hydrogen-bond acceptors (Lipinski definition) is 5. The summed E-state index contributed by atoms with van der Waals surface area (Å²) < 4.78 is 44.0. The van der Waals surface area contributed by atoms with Crippen molar-refractivity contribution in [2.45, 2.75) is 17.4 Å². The summed E-state index contributed by atoms with van der Waals surface area (Å²) in [5.74, 6) is -0.788. The minimum atomic E-state index is -3.92. The van der Waals surface area contributed by atoms with Crippen molar-refractivity contribution in [3.63, 3.8) is 0 Å². The third-order valence-corrected chi connectivity index (χ3v) is 4.40. The van der Waals surface area contributed by atoms with Crippen LogP contribution in [0.5, 0.6) is 0 Å². The second-order valence-corrected chi connectivity index (χ2v) is 6.24. The number of ether oxygens (including phenoxy) is 1. The van der Waals surface area contributed by atoms with Crippen LogP contribution in [0.3, 0.4) is 0 Å². The molecule has 114 valence electrons. The first-order valence-electron chi connectivity index (χ1n) is 5.69. The number of sulfonamides is 1. The molecule has 1 atom stereocenters. The van der Waals surface area contributed by atoms with Crippen LogP contribution in [-0.2, 0) is 14.8 Å². The molecule has 0 saturated carbocycles. The summed E-state index contributed by atoms with van der Waals surface area (Å²) in [7, 11) is -2.50. The fourth-order valence-corrected chi connectivity index (χ4v) is 3.06. The summed E-state index contributed by atoms with van der Waals surface area (Å²) in [6, 6.07) is 1.79. The molecule has 20 heavy (non-hydrogen) atoms. The fourth-order valence-electron chi connectivity index (χ4n) is 1.46. The number of halogens is 2. The number of aliphatic hydroxyl groups excluding tert-OH is 1. The van der Waals surface area contributed by atoms with Crippen molar-refractivity contribution in [3.8, 4) is 0 Å². The van der Waals surface area contributed by atoms with Crippen molar-refractivity contribution in [3.05, 3.63) is 23.0 Å². The Hall–Kier alpha value is -0.930. The number of anilines is 1. The van der Waals surface area contributed by atoms with E-state index in [9.17, 15) is 17.9 Å². The van der Waals surface area contributed by atoms with Crippen LogP contribution in [0.2, 0.25) is 5.02 Å². The molecule has 0 spiro atoms. The third kappa shape index (κ3) is 4.57. The molecule has 0 amide bonds. The van der Waals surface area contributed by atoms with E-state index in [1.807, 2.05) is 0 Å². The highest BCUT2D eigenvalue weighted by molar-refractivity contribution is 7.89. The van der Waals surface area contributed by atoms with Gasteiger partial charge in [-0.3, -0.25) is 0 Å². The average Bonchev–Trinajstić information content (AvgIpc) is 2.33. The van der Waals surface area contributed by atoms with Gasteiger partial charge in [0.05, 0.1) is 23.4 Å². The molecular formula is C11H16ClFN2O4S. The van der Waals surface area contributed by atoms with Crippen molar-refractivity contribution < 1.29 is 22.7 Å². The van der Waals surface area contributed by atoms with Crippen LogP contribution in [0.25, 0.3) is 0 Å². The topological polar surface area (TPSA) is 102 Å². The van der Waals surface area contributed by atoms with Gasteiger partial charge in [0.1, 0.15) is 10.7 Å². The molecule has 0 bridgehead atoms. The van der Waals surface area contributed by atoms with E-state index < -0.39 is 21.9 Å². The van der Waals surface area contributed by atoms with Crippen LogP contribution in [0.4, 0.5) is 10.1 Å². The number of nitrogen functional groups attached to an aromatic ring is 1. The van der Waals surface area contributed by atoms with E-state index in [0.29, 0.717) is 0 Å². The first-order chi connectivity index (χ1) is 9.27. The molecule has 1 aromatic rings. The monoisotopic (exact) mass is 326 g/mol. The van der Waals surface area contributed by atoms with Crippen molar-refractivity contribution in [1.82, 2.24) is 4.72 Å². The van der Waals surface area contributed by atoms with Crippen LogP contribution in [-0.4, -0.2) is 39.9 Å². The van der Waals surface area contributed by atoms with Gasteiger partial charge in [-0.25, -0.2) is 17.5 Å². The SMILES string of the molecule is COCC(O)CCNS(=O)(=O)c1cc(N)c(F)cc1Cl. The van der Waals surface area contributed by atoms with E-state index in [0.717, 1.165) is 12.1 Å². The van der Waals surface area contributed by atoms with Crippen molar-refractivity contribution in [2.24, 2.45) is 0 Å². The first kappa shape index (κ1) is 17.1. The highest BCUT2D eigenvalue weighted by atomic mass is 35.5. The summed E-state index contributed by atoms with van der Waals surface area (Å²) in [4.78, 5) is -0.306. The number of hydrogen-bond donors (Lipinski definition) is 3. The number of methoxy groups -OCH3 is 1. The molecule has 1 rings (SSSR count). The molecule has 1 aromatic carbocycles. The van der Waals surface area contributed by atoms with Gasteiger partial charge in [0.2, 0.25) is 10.0 Å². The summed E-state index contributed by atoms with van der Waals surface area (Å²) in [5, 5.41) is 9.13. The molecule has 4 N–H and O–H groups in total. The van der Waals surface area contributed by atoms with E-state index in [1.165, 1.54) is 7.11 Å². The van der Waals surface area contributed by atoms with E-state index >= 15 is 0 Å². The molecule has 1 unspecified atom stereocenters. The Morgan fingerprint density at radius 1 is 1.55 bits per heavy atom. The standard InChI is InChI=1S/C11H16ClFN2O4S/c1-19-6-7(16)2-3-15-20(17,18)11-5-10(14)9(13)4-8(11)12/h4-5,7,15-16H,2-3,6,14H2,1H3. The van der Waals surface area contributed by atoms with E-state index in [2.05, 4.69) is 4.72 Å². The lowest BCUT2D eigenvalue weighted by Gasteiger charge is -2.12. The van der Waals surface area contributed by atoms with Crippen LogP contribution < -0.4 is 10.5 Å². The maximum Gasteiger partial charge on any atom is 0.242 e. The zero-order chi connectivity index (χ0) is 15.3. The minimum absolute atomic E-state index is 0.0134. The molecule has 0 fully saturated rings. The molecule has 9 heteroatoms. The molecule has 0 aliphatic carbocycles. The Morgan fingerprint density at radius 3 is 2.80 bits per heavy atom. The highest BCUT2D eigenvalue weighted by Gasteiger charge is 2.20. The lowest BCUT2D eigenvalue weighted by Crippen LogP contribution is -2.29. The number of benzene rings is 1. The minimum Gasteiger partial charge on any atom is -0.396 e. The second-order valence-electron chi connectivity index (χ2n) is 4.10. The highest BCUT2D eigenvalue weighted by Crippen LogP contribution is 2.26. The first-order valence-corrected chi connectivity index (χ1v) is 7.55. The van der Waals surface area contributed by atoms with Gasteiger partial charge in [-0.15, -0.1) is 0 Å². The second kappa shape index (κ2) is 7.19. The fraction of sp³-hybridized carbons (Fsp3) is 0.455. The number of rotatable bonds is 7. The Morgan fingerprint density at radius 2 is 2.20 bits per heavy atom. The molecule has 6 nitrogen and oxygen atoms in total. The molecule has 0 heterocycles. The lowest BCUT2D eigenvalue weighted by molar-refractivity contribution is 0.0603. The third-order valence-electron chi connectivity index (χ3n) is 2.47. The summed E-state index contributed by atoms with van der Waals surface area (Å²) in [6.45, 7) is 0.0897. The van der Waals surface area contributed by atoms with E-state index in [1.54, 1.807) is 0 Å². The Labute approximate surface area is 121 Å². The zero-order valence-electron chi connectivity index (χ0n) is 10.8. The quantitative estimate of drug-likeness (QED) is 0.641. The maximum atomic E-state index is 13.1. The van der Waals surface area contributed by atoms with Gasteiger partial charge in [0.15, 0.2) is 0 Å². The summed E-state index contributed by atoms with van der Waals surface area (Å²) in [6.07, 6.45) is -0.613. The predicted molar refractivity (Wildman–Crippen MR) is 73.5 cm³/mol. The number of aliphatic hydroxyl groups is 1. The van der Waals surface area contributed by atoms with Gasteiger partial charge >= 0.3 is 0 Å². The molecule has 0 saturated heterocycles. The van der Waals surface area contributed by atoms with Gasteiger partial charge in [0.25, 0.3) is 0 Å². The predicted octanol–water partition coefficient (Wildman–Crippen LogP) is 0.737. The normalized spacial score (nSPS) is 13.4. The molecular weight excluding hydrogens is 311 g/mol. The van der Waals surface area contributed by atoms with E-state index in [-0.39, 0.29) is 35.2 Å². The largest absolute Gasteiger partial charge is 0.396 e. The summed E-state index contributed by atoms with van der Waals surface area (Å²) >= 11 is 5.69. The van der Waals surface area contributed by atoms with Crippen molar-refractivity contribution >= 4 is 27.3 Å². The van der Waals surface area contributed by atoms with Crippen LogP contribution >= 0.6 is 11.6 Å². The van der Waals surface area contributed by atoms with Crippen LogP contribution in [0.15, 0.2) is 17.0 Å². The zero-order valence-corrected chi connectivity index (χ0v) is 12.3. The Bertz CT molecular complexity index is 568. The molecule has 0 aliphatic rings. The van der Waals surface area contributed by atoms with Gasteiger partial charge in [0, 0.05) is 13.7 Å². The lowest BCUT2D eigenvalue weighted by atomic mass is 10.3. The smallest absolute Gasteiger partial charge is 0.242 e. The van der Waals surface area contributed by atoms with Gasteiger partial charge in [-0.2, -0.15) is 0 Å². The van der Waals surface area contributed by atoms with Gasteiger partial charge in [-0.05, 0) is 18.6 Å². The van der Waals surface area contributed by atoms with Crippen LogP contribution in [0, 0.1) is 5.82 Å². The number of nitrogens with two attached hydrogens (primary N) is 1. The summed E-state index contributed by atoms with van der Waals surface area (Å²) in [5.41, 5.74) is 5.01. The number of nitrogens with one attached hydrogen (secondary N) is 1. The van der Waals surface area contributed by atoms with Crippen molar-refractivity contribution in [2.75, 3.05) is 26.0 Å². The maximum absolute atomic E-state index is 13.1. The molecule has 0 aromatic heterocycles.